The first kappa shape index (κ1) is 15.4. The lowest BCUT2D eigenvalue weighted by Crippen LogP contribution is -2.13. The second kappa shape index (κ2) is 5.81. The topological polar surface area (TPSA) is 119 Å². The Bertz CT molecular complexity index is 706. The molecule has 0 aliphatic heterocycles. The molecule has 1 heterocycles. The average Bonchev–Trinajstić information content (AvgIpc) is 2.46. The van der Waals surface area contributed by atoms with Crippen LogP contribution >= 0.6 is 0 Å². The van der Waals surface area contributed by atoms with Crippen molar-refractivity contribution in [2.75, 3.05) is 10.7 Å². The highest BCUT2D eigenvalue weighted by Gasteiger charge is 2.30. The summed E-state index contributed by atoms with van der Waals surface area (Å²) in [6, 6.07) is 4.17. The van der Waals surface area contributed by atoms with E-state index < -0.39 is 22.4 Å². The number of rotatable bonds is 4. The zero-order valence-electron chi connectivity index (χ0n) is 10.8. The molecule has 0 bridgehead atoms. The van der Waals surface area contributed by atoms with Gasteiger partial charge in [-0.05, 0) is 18.2 Å². The minimum Gasteiger partial charge on any atom is -0.334 e. The first-order valence-electron chi connectivity index (χ1n) is 5.73. The molecular weight excluding hydrogens is 305 g/mol. The molecule has 4 N–H and O–H groups in total. The van der Waals surface area contributed by atoms with Gasteiger partial charge in [-0.15, -0.1) is 0 Å². The number of anilines is 3. The quantitative estimate of drug-likeness (QED) is 0.450. The van der Waals surface area contributed by atoms with Gasteiger partial charge >= 0.3 is 11.9 Å². The van der Waals surface area contributed by atoms with Gasteiger partial charge in [-0.1, -0.05) is 6.07 Å². The number of nitrogens with two attached hydrogens (primary N) is 1. The molecule has 0 aliphatic carbocycles. The van der Waals surface area contributed by atoms with Gasteiger partial charge in [0, 0.05) is 5.69 Å². The van der Waals surface area contributed by atoms with Crippen molar-refractivity contribution < 1.29 is 18.1 Å². The van der Waals surface area contributed by atoms with Crippen LogP contribution in [0, 0.1) is 10.1 Å². The highest BCUT2D eigenvalue weighted by atomic mass is 19.4. The summed E-state index contributed by atoms with van der Waals surface area (Å²) in [4.78, 5) is 17.5. The molecule has 2 aromatic rings. The summed E-state index contributed by atoms with van der Waals surface area (Å²) >= 11 is 0. The van der Waals surface area contributed by atoms with Crippen molar-refractivity contribution in [2.24, 2.45) is 5.84 Å². The van der Waals surface area contributed by atoms with Crippen molar-refractivity contribution in [3.05, 3.63) is 46.3 Å². The van der Waals surface area contributed by atoms with Crippen LogP contribution in [-0.2, 0) is 6.18 Å². The maximum absolute atomic E-state index is 12.6. The third kappa shape index (κ3) is 3.20. The monoisotopic (exact) mass is 314 g/mol. The van der Waals surface area contributed by atoms with Crippen molar-refractivity contribution in [1.29, 1.82) is 0 Å². The molecule has 116 valence electrons. The SMILES string of the molecule is NNc1ncnc(Nc2cccc(C(F)(F)F)c2)c1[N+](=O)[O-]. The molecule has 11 heteroatoms. The molecule has 1 aromatic heterocycles. The normalized spacial score (nSPS) is 11.1. The molecule has 0 saturated heterocycles. The fraction of sp³-hybridized carbons (Fsp3) is 0.0909. The van der Waals surface area contributed by atoms with Crippen molar-refractivity contribution in [1.82, 2.24) is 9.97 Å². The van der Waals surface area contributed by atoms with Crippen LogP contribution in [-0.4, -0.2) is 14.9 Å². The molecule has 1 aromatic carbocycles. The van der Waals surface area contributed by atoms with E-state index in [0.717, 1.165) is 18.5 Å². The summed E-state index contributed by atoms with van der Waals surface area (Å²) in [6.45, 7) is 0. The van der Waals surface area contributed by atoms with Crippen molar-refractivity contribution >= 4 is 23.0 Å². The third-order valence-electron chi connectivity index (χ3n) is 2.59. The van der Waals surface area contributed by atoms with E-state index in [9.17, 15) is 23.3 Å². The standard InChI is InChI=1S/C11H9F3N6O2/c12-11(13,14)6-2-1-3-7(4-6)18-9-8(20(21)22)10(19-15)17-5-16-9/h1-5H,15H2,(H2,16,17,18,19). The molecule has 0 radical (unpaired) electrons. The van der Waals surface area contributed by atoms with Gasteiger partial charge in [0.05, 0.1) is 10.5 Å². The molecule has 0 aliphatic rings. The predicted octanol–water partition coefficient (Wildman–Crippen LogP) is 2.43. The van der Waals surface area contributed by atoms with Crippen molar-refractivity contribution in [3.63, 3.8) is 0 Å². The summed E-state index contributed by atoms with van der Waals surface area (Å²) < 4.78 is 37.9. The van der Waals surface area contributed by atoms with Gasteiger partial charge in [-0.25, -0.2) is 15.8 Å². The van der Waals surface area contributed by atoms with Gasteiger partial charge in [-0.2, -0.15) is 13.2 Å². The molecule has 0 atom stereocenters. The number of hydrazine groups is 1. The van der Waals surface area contributed by atoms with Crippen LogP contribution in [0.1, 0.15) is 5.56 Å². The number of hydrogen-bond donors (Lipinski definition) is 3. The Morgan fingerprint density at radius 2 is 1.91 bits per heavy atom. The highest BCUT2D eigenvalue weighted by Crippen LogP contribution is 2.33. The first-order chi connectivity index (χ1) is 10.3. The number of nitrogen functional groups attached to an aromatic ring is 1. The van der Waals surface area contributed by atoms with Gasteiger partial charge < -0.3 is 10.7 Å². The minimum atomic E-state index is -4.53. The third-order valence-corrected chi connectivity index (χ3v) is 2.59. The van der Waals surface area contributed by atoms with Crippen LogP contribution in [0.4, 0.5) is 36.2 Å². The molecule has 0 unspecified atom stereocenters. The Balaban J connectivity index is 2.42. The first-order valence-corrected chi connectivity index (χ1v) is 5.73. The molecule has 8 nitrogen and oxygen atoms in total. The fourth-order valence-electron chi connectivity index (χ4n) is 1.66. The lowest BCUT2D eigenvalue weighted by Gasteiger charge is -2.11. The van der Waals surface area contributed by atoms with Crippen molar-refractivity contribution in [3.8, 4) is 0 Å². The van der Waals surface area contributed by atoms with E-state index in [1.165, 1.54) is 12.1 Å². The number of halogens is 3. The van der Waals surface area contributed by atoms with E-state index in [0.29, 0.717) is 0 Å². The van der Waals surface area contributed by atoms with Crippen LogP contribution in [0.15, 0.2) is 30.6 Å². The van der Waals surface area contributed by atoms with Gasteiger partial charge in [0.15, 0.2) is 0 Å². The maximum atomic E-state index is 12.6. The highest BCUT2D eigenvalue weighted by molar-refractivity contribution is 5.73. The number of nitro groups is 1. The predicted molar refractivity (Wildman–Crippen MR) is 71.2 cm³/mol. The second-order valence-electron chi connectivity index (χ2n) is 4.02. The summed E-state index contributed by atoms with van der Waals surface area (Å²) in [5, 5.41) is 13.5. The zero-order chi connectivity index (χ0) is 16.3. The Kier molecular flexibility index (Phi) is 4.08. The van der Waals surface area contributed by atoms with Gasteiger partial charge in [0.2, 0.25) is 11.6 Å². The van der Waals surface area contributed by atoms with Crippen LogP contribution in [0.5, 0.6) is 0 Å². The Labute approximate surface area is 121 Å². The van der Waals surface area contributed by atoms with E-state index in [-0.39, 0.29) is 17.3 Å². The molecule has 22 heavy (non-hydrogen) atoms. The second-order valence-corrected chi connectivity index (χ2v) is 4.02. The number of nitrogens with one attached hydrogen (secondary N) is 2. The number of aromatic nitrogens is 2. The fourth-order valence-corrected chi connectivity index (χ4v) is 1.66. The lowest BCUT2D eigenvalue weighted by atomic mass is 10.2. The molecule has 0 saturated carbocycles. The number of hydrogen-bond acceptors (Lipinski definition) is 7. The van der Waals surface area contributed by atoms with E-state index in [1.807, 2.05) is 5.43 Å². The number of alkyl halides is 3. The number of benzene rings is 1. The summed E-state index contributed by atoms with van der Waals surface area (Å²) in [7, 11) is 0. The molecule has 0 amide bonds. The van der Waals surface area contributed by atoms with Crippen molar-refractivity contribution in [2.45, 2.75) is 6.18 Å². The summed E-state index contributed by atoms with van der Waals surface area (Å²) in [5.41, 5.74) is 0.534. The molecular formula is C11H9F3N6O2. The van der Waals surface area contributed by atoms with Crippen LogP contribution in [0.2, 0.25) is 0 Å². The van der Waals surface area contributed by atoms with Gasteiger partial charge in [0.1, 0.15) is 6.33 Å². The largest absolute Gasteiger partial charge is 0.416 e. The molecule has 0 fully saturated rings. The summed E-state index contributed by atoms with van der Waals surface area (Å²) in [5.74, 6) is 4.56. The minimum absolute atomic E-state index is 0.0143. The maximum Gasteiger partial charge on any atom is 0.416 e. The number of nitrogens with zero attached hydrogens (tertiary/aromatic N) is 3. The smallest absolute Gasteiger partial charge is 0.334 e. The Morgan fingerprint density at radius 1 is 1.23 bits per heavy atom. The Morgan fingerprint density at radius 3 is 2.50 bits per heavy atom. The van der Waals surface area contributed by atoms with E-state index in [2.05, 4.69) is 15.3 Å². The molecule has 2 rings (SSSR count). The van der Waals surface area contributed by atoms with Gasteiger partial charge in [-0.3, -0.25) is 10.1 Å². The zero-order valence-corrected chi connectivity index (χ0v) is 10.8. The summed E-state index contributed by atoms with van der Waals surface area (Å²) in [6.07, 6.45) is -3.54. The van der Waals surface area contributed by atoms with Crippen LogP contribution in [0.25, 0.3) is 0 Å². The Hall–Kier alpha value is -2.95. The van der Waals surface area contributed by atoms with E-state index in [1.54, 1.807) is 0 Å². The molecule has 0 spiro atoms. The van der Waals surface area contributed by atoms with E-state index >= 15 is 0 Å². The lowest BCUT2D eigenvalue weighted by molar-refractivity contribution is -0.383. The van der Waals surface area contributed by atoms with Gasteiger partial charge in [0.25, 0.3) is 0 Å². The van der Waals surface area contributed by atoms with Crippen LogP contribution in [0.3, 0.4) is 0 Å². The average molecular weight is 314 g/mol. The van der Waals surface area contributed by atoms with Crippen LogP contribution < -0.4 is 16.6 Å². The van der Waals surface area contributed by atoms with E-state index in [4.69, 9.17) is 5.84 Å².